The Hall–Kier alpha value is -1.32. The third-order valence-electron chi connectivity index (χ3n) is 1.97. The number of fused-ring (bicyclic) bond motifs is 1. The highest BCUT2D eigenvalue weighted by atomic mass is 35.5. The van der Waals surface area contributed by atoms with Crippen LogP contribution >= 0.6 is 23.2 Å². The second kappa shape index (κ2) is 4.04. The lowest BCUT2D eigenvalue weighted by atomic mass is 10.1. The highest BCUT2D eigenvalue weighted by Gasteiger charge is 2.03. The molecule has 0 fully saturated rings. The number of hydrogen-bond donors (Lipinski definition) is 1. The Bertz CT molecular complexity index is 540. The Labute approximate surface area is 95.9 Å². The maximum atomic E-state index is 8.53. The summed E-state index contributed by atoms with van der Waals surface area (Å²) in [7, 11) is 0. The molecular formula is C10H6Cl2N2O. The predicted octanol–water partition coefficient (Wildman–Crippen LogP) is 3.26. The Kier molecular flexibility index (Phi) is 2.75. The number of rotatable bonds is 1. The molecule has 0 unspecified atom stereocenters. The Balaban J connectivity index is 2.64. The van der Waals surface area contributed by atoms with Crippen LogP contribution in [-0.4, -0.2) is 15.4 Å². The van der Waals surface area contributed by atoms with Crippen LogP contribution in [0.1, 0.15) is 5.56 Å². The van der Waals surface area contributed by atoms with Gasteiger partial charge in [0.15, 0.2) is 5.17 Å². The molecule has 76 valence electrons. The molecule has 1 aromatic carbocycles. The molecule has 0 bridgehead atoms. The summed E-state index contributed by atoms with van der Waals surface area (Å²) in [4.78, 5) is 4.13. The Morgan fingerprint density at radius 2 is 2.13 bits per heavy atom. The predicted molar refractivity (Wildman–Crippen MR) is 60.9 cm³/mol. The fraction of sp³-hybridized carbons (Fsp3) is 0. The molecule has 2 aromatic rings. The van der Waals surface area contributed by atoms with E-state index in [-0.39, 0.29) is 5.17 Å². The standard InChI is InChI=1S/C10H6Cl2N2O/c11-8-4-7-3-6(10(12)14-15)1-2-9(7)13-5-8/h1-5,15H. The van der Waals surface area contributed by atoms with Crippen LogP contribution in [0.2, 0.25) is 5.02 Å². The minimum absolute atomic E-state index is 0.0388. The van der Waals surface area contributed by atoms with Crippen LogP contribution in [0.3, 0.4) is 0 Å². The zero-order valence-electron chi connectivity index (χ0n) is 7.48. The summed E-state index contributed by atoms with van der Waals surface area (Å²) in [6, 6.07) is 7.05. The highest BCUT2D eigenvalue weighted by Crippen LogP contribution is 2.19. The first-order chi connectivity index (χ1) is 7.20. The molecule has 0 saturated carbocycles. The molecule has 3 nitrogen and oxygen atoms in total. The lowest BCUT2D eigenvalue weighted by Crippen LogP contribution is -1.91. The topological polar surface area (TPSA) is 45.5 Å². The summed E-state index contributed by atoms with van der Waals surface area (Å²) in [5.74, 6) is 0. The van der Waals surface area contributed by atoms with Gasteiger partial charge in [-0.3, -0.25) is 4.98 Å². The van der Waals surface area contributed by atoms with E-state index in [1.54, 1.807) is 30.5 Å². The summed E-state index contributed by atoms with van der Waals surface area (Å²) in [6.45, 7) is 0. The van der Waals surface area contributed by atoms with Gasteiger partial charge in [-0.2, -0.15) is 0 Å². The van der Waals surface area contributed by atoms with E-state index in [0.717, 1.165) is 10.9 Å². The van der Waals surface area contributed by atoms with Crippen molar-refractivity contribution in [3.05, 3.63) is 41.0 Å². The van der Waals surface area contributed by atoms with Gasteiger partial charge in [0, 0.05) is 17.1 Å². The summed E-state index contributed by atoms with van der Waals surface area (Å²) < 4.78 is 0. The molecule has 1 heterocycles. The van der Waals surface area contributed by atoms with Crippen LogP contribution in [0, 0.1) is 0 Å². The molecule has 0 aliphatic heterocycles. The van der Waals surface area contributed by atoms with Gasteiger partial charge in [-0.15, -0.1) is 0 Å². The maximum absolute atomic E-state index is 8.53. The molecule has 0 atom stereocenters. The van der Waals surface area contributed by atoms with Crippen molar-refractivity contribution in [2.45, 2.75) is 0 Å². The van der Waals surface area contributed by atoms with E-state index < -0.39 is 0 Å². The number of pyridine rings is 1. The van der Waals surface area contributed by atoms with Gasteiger partial charge >= 0.3 is 0 Å². The second-order valence-electron chi connectivity index (χ2n) is 2.95. The first-order valence-electron chi connectivity index (χ1n) is 4.14. The van der Waals surface area contributed by atoms with E-state index in [0.29, 0.717) is 10.6 Å². The molecule has 1 aromatic heterocycles. The van der Waals surface area contributed by atoms with Crippen LogP contribution < -0.4 is 0 Å². The van der Waals surface area contributed by atoms with E-state index in [1.165, 1.54) is 0 Å². The van der Waals surface area contributed by atoms with Gasteiger partial charge in [-0.25, -0.2) is 0 Å². The fourth-order valence-corrected chi connectivity index (χ4v) is 1.57. The van der Waals surface area contributed by atoms with Crippen molar-refractivity contribution in [1.29, 1.82) is 0 Å². The summed E-state index contributed by atoms with van der Waals surface area (Å²) in [5.41, 5.74) is 1.43. The normalized spacial score (nSPS) is 12.0. The van der Waals surface area contributed by atoms with E-state index in [4.69, 9.17) is 28.4 Å². The molecule has 2 rings (SSSR count). The summed E-state index contributed by atoms with van der Waals surface area (Å²) >= 11 is 11.5. The first-order valence-corrected chi connectivity index (χ1v) is 4.89. The molecule has 0 saturated heterocycles. The largest absolute Gasteiger partial charge is 0.410 e. The van der Waals surface area contributed by atoms with Gasteiger partial charge < -0.3 is 5.21 Å². The van der Waals surface area contributed by atoms with Gasteiger partial charge in [-0.1, -0.05) is 28.4 Å². The molecule has 0 aliphatic rings. The van der Waals surface area contributed by atoms with Gasteiger partial charge in [0.1, 0.15) is 0 Å². The molecular weight excluding hydrogens is 235 g/mol. The van der Waals surface area contributed by atoms with Crippen molar-refractivity contribution >= 4 is 39.3 Å². The number of benzene rings is 1. The lowest BCUT2D eigenvalue weighted by molar-refractivity contribution is 0.321. The fourth-order valence-electron chi connectivity index (χ4n) is 1.29. The zero-order chi connectivity index (χ0) is 10.8. The SMILES string of the molecule is ON=C(Cl)c1ccc2ncc(Cl)cc2c1. The molecule has 0 spiro atoms. The van der Waals surface area contributed by atoms with Crippen molar-refractivity contribution in [3.8, 4) is 0 Å². The molecule has 0 aliphatic carbocycles. The average molecular weight is 241 g/mol. The lowest BCUT2D eigenvalue weighted by Gasteiger charge is -2.00. The Morgan fingerprint density at radius 3 is 2.87 bits per heavy atom. The monoisotopic (exact) mass is 240 g/mol. The van der Waals surface area contributed by atoms with Crippen LogP contribution in [0.15, 0.2) is 35.6 Å². The van der Waals surface area contributed by atoms with Gasteiger partial charge in [0.2, 0.25) is 0 Å². The zero-order valence-corrected chi connectivity index (χ0v) is 9.00. The summed E-state index contributed by atoms with van der Waals surface area (Å²) in [6.07, 6.45) is 1.57. The van der Waals surface area contributed by atoms with Crippen molar-refractivity contribution in [2.24, 2.45) is 5.16 Å². The van der Waals surface area contributed by atoms with Crippen LogP contribution in [0.4, 0.5) is 0 Å². The van der Waals surface area contributed by atoms with E-state index >= 15 is 0 Å². The first kappa shape index (κ1) is 10.2. The van der Waals surface area contributed by atoms with Crippen LogP contribution in [-0.2, 0) is 0 Å². The van der Waals surface area contributed by atoms with E-state index in [2.05, 4.69) is 10.1 Å². The molecule has 5 heteroatoms. The third kappa shape index (κ3) is 2.03. The van der Waals surface area contributed by atoms with Gasteiger partial charge in [0.05, 0.1) is 10.5 Å². The van der Waals surface area contributed by atoms with E-state index in [9.17, 15) is 0 Å². The molecule has 0 radical (unpaired) electrons. The van der Waals surface area contributed by atoms with Gasteiger partial charge in [-0.05, 0) is 24.3 Å². The van der Waals surface area contributed by atoms with E-state index in [1.807, 2.05) is 0 Å². The third-order valence-corrected chi connectivity index (χ3v) is 2.47. The molecule has 15 heavy (non-hydrogen) atoms. The number of oxime groups is 1. The van der Waals surface area contributed by atoms with Crippen molar-refractivity contribution in [3.63, 3.8) is 0 Å². The van der Waals surface area contributed by atoms with Crippen LogP contribution in [0.5, 0.6) is 0 Å². The number of halogens is 2. The minimum Gasteiger partial charge on any atom is -0.410 e. The van der Waals surface area contributed by atoms with Crippen molar-refractivity contribution < 1.29 is 5.21 Å². The second-order valence-corrected chi connectivity index (χ2v) is 3.75. The molecule has 0 amide bonds. The molecule has 1 N–H and O–H groups in total. The smallest absolute Gasteiger partial charge is 0.175 e. The Morgan fingerprint density at radius 1 is 1.33 bits per heavy atom. The highest BCUT2D eigenvalue weighted by molar-refractivity contribution is 6.69. The van der Waals surface area contributed by atoms with Crippen molar-refractivity contribution in [1.82, 2.24) is 4.98 Å². The quantitative estimate of drug-likeness (QED) is 0.473. The summed E-state index contributed by atoms with van der Waals surface area (Å²) in [5, 5.41) is 12.9. The van der Waals surface area contributed by atoms with Crippen LogP contribution in [0.25, 0.3) is 10.9 Å². The minimum atomic E-state index is 0.0388. The number of aromatic nitrogens is 1. The average Bonchev–Trinajstić information content (AvgIpc) is 2.27. The number of hydrogen-bond acceptors (Lipinski definition) is 3. The van der Waals surface area contributed by atoms with Gasteiger partial charge in [0.25, 0.3) is 0 Å². The maximum Gasteiger partial charge on any atom is 0.175 e. The number of nitrogens with zero attached hydrogens (tertiary/aromatic N) is 2. The van der Waals surface area contributed by atoms with Crippen molar-refractivity contribution in [2.75, 3.05) is 0 Å².